The van der Waals surface area contributed by atoms with Gasteiger partial charge in [0, 0.05) is 75.8 Å². The van der Waals surface area contributed by atoms with Gasteiger partial charge in [-0.3, -0.25) is 53.1 Å². The number of benzene rings is 1. The van der Waals surface area contributed by atoms with Crippen molar-refractivity contribution in [3.05, 3.63) is 48.0 Å². The van der Waals surface area contributed by atoms with Gasteiger partial charge in [0.2, 0.25) is 23.6 Å². The predicted octanol–water partition coefficient (Wildman–Crippen LogP) is 2.63. The van der Waals surface area contributed by atoms with Gasteiger partial charge >= 0.3 is 5.97 Å². The highest BCUT2D eigenvalue weighted by Crippen LogP contribution is 2.26. The number of thioether (sulfide) groups is 1. The average Bonchev–Trinajstić information content (AvgIpc) is 3.97. The lowest BCUT2D eigenvalue weighted by atomic mass is 9.85. The number of hydroxylamine groups is 2. The van der Waals surface area contributed by atoms with Gasteiger partial charge in [-0.15, -0.1) is 5.06 Å². The van der Waals surface area contributed by atoms with Crippen LogP contribution in [0.2, 0.25) is 0 Å². The number of aliphatic imine (C=N–C) groups is 2. The van der Waals surface area contributed by atoms with Crippen LogP contribution in [0.3, 0.4) is 0 Å². The third-order valence-corrected chi connectivity index (χ3v) is 15.4. The summed E-state index contributed by atoms with van der Waals surface area (Å²) in [4.78, 5) is 145. The second-order valence-corrected chi connectivity index (χ2v) is 24.1. The van der Waals surface area contributed by atoms with E-state index in [4.69, 9.17) is 42.0 Å². The number of ketones is 3. The van der Waals surface area contributed by atoms with Crippen molar-refractivity contribution < 1.29 is 72.1 Å². The molecule has 1 aromatic rings. The number of ether oxygens (including phenoxy) is 3. The number of amides is 6. The summed E-state index contributed by atoms with van der Waals surface area (Å²) in [6.45, 7) is 16.4. The van der Waals surface area contributed by atoms with E-state index in [1.54, 1.807) is 13.8 Å². The van der Waals surface area contributed by atoms with E-state index < -0.39 is 95.2 Å². The normalized spacial score (nSPS) is 15.0. The molecule has 0 radical (unpaired) electrons. The monoisotopic (exact) mass is 1270 g/mol. The van der Waals surface area contributed by atoms with E-state index in [0.717, 1.165) is 5.56 Å². The van der Waals surface area contributed by atoms with Gasteiger partial charge < -0.3 is 68.4 Å². The maximum absolute atomic E-state index is 14.7. The summed E-state index contributed by atoms with van der Waals surface area (Å²) in [5.74, 6) is -7.02. The average molecular weight is 1270 g/mol. The Labute approximate surface area is 528 Å². The molecule has 0 aliphatic carbocycles. The third-order valence-electron chi connectivity index (χ3n) is 14.7. The Balaban J connectivity index is 2.17. The van der Waals surface area contributed by atoms with Gasteiger partial charge in [0.25, 0.3) is 11.8 Å². The van der Waals surface area contributed by atoms with E-state index in [1.807, 2.05) is 64.3 Å². The second kappa shape index (κ2) is 43.8. The van der Waals surface area contributed by atoms with E-state index in [9.17, 15) is 53.1 Å². The van der Waals surface area contributed by atoms with Crippen LogP contribution < -0.4 is 44.2 Å². The predicted molar refractivity (Wildman–Crippen MR) is 339 cm³/mol. The fourth-order valence-corrected chi connectivity index (χ4v) is 9.89. The van der Waals surface area contributed by atoms with Crippen molar-refractivity contribution in [2.24, 2.45) is 62.5 Å². The lowest BCUT2D eigenvalue weighted by molar-refractivity contribution is -0.198. The molecule has 1 fully saturated rings. The maximum Gasteiger partial charge on any atom is 0.335 e. The Morgan fingerprint density at radius 1 is 0.640 bits per heavy atom. The highest BCUT2D eigenvalue weighted by molar-refractivity contribution is 7.98. The number of nitrogens with one attached hydrogen (secondary N) is 4. The second-order valence-electron chi connectivity index (χ2n) is 23.1. The molecule has 1 aliphatic heterocycles. The summed E-state index contributed by atoms with van der Waals surface area (Å²) < 4.78 is 16.3. The van der Waals surface area contributed by atoms with Gasteiger partial charge in [0.05, 0.1) is 76.3 Å². The number of Topliss-reactive ketones (excluding diaryl/α,β-unsaturated/α-hetero) is 3. The Kier molecular flexibility index (Phi) is 38.5. The van der Waals surface area contributed by atoms with Gasteiger partial charge in [-0.25, -0.2) is 4.79 Å². The van der Waals surface area contributed by atoms with Crippen LogP contribution in [0.15, 0.2) is 52.5 Å². The SMILES string of the molecule is C=C(C[C@@H](Cc1ccccc1)C(=O)N[C@@H](CCCN=C(N)N)C(=O)C[C@H](C(=O)N[C@H](C)[C@@H](C)O)C(C)C)[C@H](CC(C)C)NC(=O)[C@H](CCSC)CC(=O)[C@H](CCCN=C(N)N)NC(=O)CCC(=O)CCOCCOCCOCCC(=O)ON1C(=O)CCC1=O. The molecule has 2 rings (SSSR count). The molecule has 89 heavy (non-hydrogen) atoms. The summed E-state index contributed by atoms with van der Waals surface area (Å²) in [7, 11) is 0. The number of hydrogen-bond donors (Lipinski definition) is 9. The van der Waals surface area contributed by atoms with E-state index in [-0.39, 0.29) is 165 Å². The van der Waals surface area contributed by atoms with Crippen molar-refractivity contribution in [1.82, 2.24) is 26.3 Å². The minimum atomic E-state index is -1.03. The molecule has 0 aromatic heterocycles. The highest BCUT2D eigenvalue weighted by atomic mass is 32.2. The summed E-state index contributed by atoms with van der Waals surface area (Å²) in [6, 6.07) is 6.09. The fourth-order valence-electron chi connectivity index (χ4n) is 9.37. The van der Waals surface area contributed by atoms with Crippen molar-refractivity contribution in [1.29, 1.82) is 0 Å². The van der Waals surface area contributed by atoms with Gasteiger partial charge in [0.1, 0.15) is 5.78 Å². The molecule has 1 aromatic carbocycles. The summed E-state index contributed by atoms with van der Waals surface area (Å²) in [5, 5.41) is 22.3. The van der Waals surface area contributed by atoms with E-state index >= 15 is 0 Å². The van der Waals surface area contributed by atoms with Crippen molar-refractivity contribution in [3.63, 3.8) is 0 Å². The number of hydrogen-bond acceptors (Lipinski definition) is 18. The first-order chi connectivity index (χ1) is 42.2. The minimum Gasteiger partial charge on any atom is -0.391 e. The quantitative estimate of drug-likeness (QED) is 0.0149. The zero-order valence-electron chi connectivity index (χ0n) is 53.3. The van der Waals surface area contributed by atoms with E-state index in [0.29, 0.717) is 42.1 Å². The lowest BCUT2D eigenvalue weighted by Gasteiger charge is -2.29. The van der Waals surface area contributed by atoms with Crippen LogP contribution in [-0.4, -0.2) is 176 Å². The number of carbonyl (C=O) groups excluding carboxylic acids is 10. The molecule has 26 nitrogen and oxygen atoms in total. The first kappa shape index (κ1) is 78.3. The molecule has 13 N–H and O–H groups in total. The van der Waals surface area contributed by atoms with Crippen LogP contribution in [0, 0.1) is 29.6 Å². The smallest absolute Gasteiger partial charge is 0.335 e. The molecule has 1 aliphatic rings. The lowest BCUT2D eigenvalue weighted by Crippen LogP contribution is -2.48. The summed E-state index contributed by atoms with van der Waals surface area (Å²) in [6.07, 6.45) is 2.24. The van der Waals surface area contributed by atoms with Crippen LogP contribution in [0.4, 0.5) is 0 Å². The van der Waals surface area contributed by atoms with Crippen LogP contribution in [0.5, 0.6) is 0 Å². The molecule has 0 unspecified atom stereocenters. The maximum atomic E-state index is 14.7. The number of imide groups is 1. The molecule has 0 saturated carbocycles. The number of nitrogens with two attached hydrogens (primary N) is 4. The first-order valence-electron chi connectivity index (χ1n) is 30.8. The van der Waals surface area contributed by atoms with Crippen LogP contribution in [-0.2, 0) is 73.4 Å². The molecular formula is C62H101N11O15S. The molecular weight excluding hydrogens is 1170 g/mol. The number of rotatable bonds is 49. The largest absolute Gasteiger partial charge is 0.391 e. The fraction of sp³-hybridized carbons (Fsp3) is 0.677. The Bertz CT molecular complexity index is 2480. The number of guanidine groups is 2. The standard InChI is InChI=1S/C62H101N11O15S/c1-39(2)34-51(41(5)35-46(36-44-14-10-9-11-15-44)59(83)71-50(17-13-26-68-62(65)66)53(77)38-48(40(3)4)60(84)69-42(6)43(7)74)72-58(82)45(24-33-89-8)37-52(76)49(16-12-25-67-61(63)64)70-54(78)19-18-47(75)22-27-85-29-31-87-32-30-86-28-23-57(81)88-73-55(79)20-21-56(73)80/h9-11,14-15,39-40,42-43,45-46,48-51,74H,5,12-13,16-38H2,1-4,6-8H3,(H,69,84)(H,70,78)(H,71,83)(H,72,82)(H4,63,64,67)(H4,65,66,68)/t42-,43-,45-,46+,48+,49+,50+,51+/m1/s1. The number of nitrogens with zero attached hydrogens (tertiary/aromatic N) is 3. The van der Waals surface area contributed by atoms with Gasteiger partial charge in [0.15, 0.2) is 23.5 Å². The molecule has 8 atom stereocenters. The Morgan fingerprint density at radius 2 is 1.17 bits per heavy atom. The molecule has 0 spiro atoms. The number of aliphatic hydroxyl groups excluding tert-OH is 1. The highest BCUT2D eigenvalue weighted by Gasteiger charge is 2.35. The molecule has 6 amide bonds. The zero-order chi connectivity index (χ0) is 66.4. The topological polar surface area (TPSA) is 408 Å². The van der Waals surface area contributed by atoms with Crippen LogP contribution in [0.25, 0.3) is 0 Å². The van der Waals surface area contributed by atoms with Crippen molar-refractivity contribution in [2.45, 2.75) is 175 Å². The van der Waals surface area contributed by atoms with Crippen molar-refractivity contribution in [3.8, 4) is 0 Å². The van der Waals surface area contributed by atoms with Crippen molar-refractivity contribution >= 4 is 82.4 Å². The van der Waals surface area contributed by atoms with Gasteiger partial charge in [-0.1, -0.05) is 70.2 Å². The number of aliphatic hydroxyl groups is 1. The Morgan fingerprint density at radius 3 is 1.71 bits per heavy atom. The molecule has 500 valence electrons. The van der Waals surface area contributed by atoms with Crippen LogP contribution >= 0.6 is 11.8 Å². The van der Waals surface area contributed by atoms with Gasteiger partial charge in [-0.05, 0) is 94.6 Å². The van der Waals surface area contributed by atoms with Crippen LogP contribution in [0.1, 0.15) is 143 Å². The summed E-state index contributed by atoms with van der Waals surface area (Å²) in [5.41, 5.74) is 23.7. The van der Waals surface area contributed by atoms with Gasteiger partial charge in [-0.2, -0.15) is 11.8 Å². The van der Waals surface area contributed by atoms with Crippen molar-refractivity contribution in [2.75, 3.05) is 64.7 Å². The van der Waals surface area contributed by atoms with E-state index in [2.05, 4.69) is 37.8 Å². The minimum absolute atomic E-state index is 0.000930. The summed E-state index contributed by atoms with van der Waals surface area (Å²) >= 11 is 1.50. The molecule has 27 heteroatoms. The first-order valence-corrected chi connectivity index (χ1v) is 32.2. The molecule has 1 heterocycles. The molecule has 0 bridgehead atoms. The zero-order valence-corrected chi connectivity index (χ0v) is 54.1. The Hall–Kier alpha value is -6.81. The number of carbonyl (C=O) groups is 10. The third kappa shape index (κ3) is 33.5. The molecule has 1 saturated heterocycles. The van der Waals surface area contributed by atoms with E-state index in [1.165, 1.54) is 11.8 Å².